The summed E-state index contributed by atoms with van der Waals surface area (Å²) in [6.07, 6.45) is 0. The van der Waals surface area contributed by atoms with Crippen molar-refractivity contribution in [2.45, 2.75) is 5.37 Å². The summed E-state index contributed by atoms with van der Waals surface area (Å²) in [7, 11) is 1.66. The van der Waals surface area contributed by atoms with Crippen LogP contribution in [0.5, 0.6) is 5.75 Å². The Morgan fingerprint density at radius 3 is 2.65 bits per heavy atom. The molecule has 1 N–H and O–H groups in total. The Labute approximate surface area is 193 Å². The minimum atomic E-state index is -0.0805. The first-order valence-electron chi connectivity index (χ1n) is 10.7. The van der Waals surface area contributed by atoms with Gasteiger partial charge in [-0.25, -0.2) is 4.79 Å². The second-order valence-electron chi connectivity index (χ2n) is 7.67. The normalized spacial score (nSPS) is 19.5. The molecule has 0 aromatic heterocycles. The fourth-order valence-corrected chi connectivity index (χ4v) is 5.53. The number of carbonyl (C=O) groups excluding carboxylic acids is 1. The molecule has 0 radical (unpaired) electrons. The molecule has 4 rings (SSSR count). The largest absolute Gasteiger partial charge is 0.492 e. The minimum Gasteiger partial charge on any atom is -0.492 e. The van der Waals surface area contributed by atoms with Crippen molar-refractivity contribution in [2.75, 3.05) is 63.6 Å². The maximum absolute atomic E-state index is 12.3. The van der Waals surface area contributed by atoms with Gasteiger partial charge in [0.25, 0.3) is 0 Å². The highest BCUT2D eigenvalue weighted by Gasteiger charge is 2.32. The molecule has 0 aliphatic carbocycles. The third-order valence-corrected chi connectivity index (χ3v) is 7.24. The Hall–Kier alpha value is -2.09. The van der Waals surface area contributed by atoms with Crippen molar-refractivity contribution in [3.05, 3.63) is 59.1 Å². The highest BCUT2D eigenvalue weighted by Crippen LogP contribution is 2.42. The van der Waals surface area contributed by atoms with Gasteiger partial charge in [0, 0.05) is 68.3 Å². The molecule has 0 saturated carbocycles. The predicted octanol–water partition coefficient (Wildman–Crippen LogP) is 3.93. The van der Waals surface area contributed by atoms with E-state index < -0.39 is 0 Å². The summed E-state index contributed by atoms with van der Waals surface area (Å²) >= 11 is 8.02. The number of carbonyl (C=O) groups is 1. The highest BCUT2D eigenvalue weighted by atomic mass is 35.5. The summed E-state index contributed by atoms with van der Waals surface area (Å²) < 4.78 is 6.19. The van der Waals surface area contributed by atoms with Gasteiger partial charge in [-0.15, -0.1) is 11.8 Å². The number of hydrogen-bond acceptors (Lipinski definition) is 5. The molecule has 2 aliphatic heterocycles. The number of nitrogens with zero attached hydrogens (tertiary/aromatic N) is 3. The Balaban J connectivity index is 1.33. The number of rotatable bonds is 6. The summed E-state index contributed by atoms with van der Waals surface area (Å²) in [6.45, 7) is 6.29. The van der Waals surface area contributed by atoms with E-state index in [0.717, 1.165) is 49.8 Å². The average molecular weight is 461 g/mol. The lowest BCUT2D eigenvalue weighted by Crippen LogP contribution is -2.47. The number of amides is 2. The Kier molecular flexibility index (Phi) is 7.48. The molecule has 2 aromatic carbocycles. The molecule has 1 atom stereocenters. The van der Waals surface area contributed by atoms with E-state index >= 15 is 0 Å². The first-order chi connectivity index (χ1) is 15.2. The Morgan fingerprint density at radius 1 is 1.13 bits per heavy atom. The monoisotopic (exact) mass is 460 g/mol. The summed E-state index contributed by atoms with van der Waals surface area (Å²) in [6, 6.07) is 16.2. The third-order valence-electron chi connectivity index (χ3n) is 5.76. The van der Waals surface area contributed by atoms with Crippen LogP contribution in [0.4, 0.5) is 10.5 Å². The third kappa shape index (κ3) is 5.40. The second kappa shape index (κ2) is 10.5. The first kappa shape index (κ1) is 22.1. The van der Waals surface area contributed by atoms with E-state index in [9.17, 15) is 4.79 Å². The second-order valence-corrected chi connectivity index (χ2v) is 9.29. The molecule has 0 spiro atoms. The number of piperazine rings is 1. The highest BCUT2D eigenvalue weighted by molar-refractivity contribution is 7.99. The van der Waals surface area contributed by atoms with Gasteiger partial charge in [0.2, 0.25) is 0 Å². The summed E-state index contributed by atoms with van der Waals surface area (Å²) in [5.41, 5.74) is 2.26. The van der Waals surface area contributed by atoms with Crippen LogP contribution in [0.15, 0.2) is 48.5 Å². The van der Waals surface area contributed by atoms with E-state index in [1.807, 2.05) is 23.1 Å². The van der Waals surface area contributed by atoms with E-state index in [4.69, 9.17) is 16.3 Å². The molecule has 31 heavy (non-hydrogen) atoms. The van der Waals surface area contributed by atoms with Crippen LogP contribution in [0.2, 0.25) is 5.02 Å². The van der Waals surface area contributed by atoms with Crippen molar-refractivity contribution >= 4 is 35.1 Å². The fourth-order valence-electron chi connectivity index (χ4n) is 4.08. The standard InChI is InChI=1S/C23H29ClN4O2S/c1-25-23(29)28-14-16-31-22(28)20-17-18(24)7-8-21(20)30-15-13-26-9-11-27(12-10-26)19-5-3-2-4-6-19/h2-8,17,22H,9-16H2,1H3,(H,25,29). The number of ether oxygens (including phenoxy) is 1. The molecule has 2 fully saturated rings. The number of para-hydroxylation sites is 1. The quantitative estimate of drug-likeness (QED) is 0.707. The summed E-state index contributed by atoms with van der Waals surface area (Å²) in [5.74, 6) is 1.70. The number of halogens is 1. The maximum Gasteiger partial charge on any atom is 0.318 e. The first-order valence-corrected chi connectivity index (χ1v) is 12.1. The lowest BCUT2D eigenvalue weighted by atomic mass is 10.2. The van der Waals surface area contributed by atoms with E-state index in [-0.39, 0.29) is 11.4 Å². The van der Waals surface area contributed by atoms with Crippen LogP contribution in [0.25, 0.3) is 0 Å². The molecule has 166 valence electrons. The van der Waals surface area contributed by atoms with Crippen molar-refractivity contribution in [3.63, 3.8) is 0 Å². The van der Waals surface area contributed by atoms with Crippen LogP contribution >= 0.6 is 23.4 Å². The van der Waals surface area contributed by atoms with Gasteiger partial charge < -0.3 is 19.9 Å². The molecule has 0 bridgehead atoms. The van der Waals surface area contributed by atoms with Crippen LogP contribution in [0, 0.1) is 0 Å². The summed E-state index contributed by atoms with van der Waals surface area (Å²) in [4.78, 5) is 19.0. The van der Waals surface area contributed by atoms with E-state index in [1.54, 1.807) is 18.8 Å². The molecule has 6 nitrogen and oxygen atoms in total. The molecular weight excluding hydrogens is 432 g/mol. The van der Waals surface area contributed by atoms with Crippen molar-refractivity contribution in [2.24, 2.45) is 0 Å². The molecule has 2 aromatic rings. The van der Waals surface area contributed by atoms with Crippen molar-refractivity contribution in [3.8, 4) is 5.75 Å². The molecule has 1 unspecified atom stereocenters. The van der Waals surface area contributed by atoms with Gasteiger partial charge in [-0.1, -0.05) is 29.8 Å². The van der Waals surface area contributed by atoms with Gasteiger partial charge in [-0.3, -0.25) is 4.90 Å². The Morgan fingerprint density at radius 2 is 1.90 bits per heavy atom. The van der Waals surface area contributed by atoms with Gasteiger partial charge in [0.15, 0.2) is 0 Å². The van der Waals surface area contributed by atoms with Gasteiger partial charge in [0.1, 0.15) is 17.7 Å². The zero-order valence-electron chi connectivity index (χ0n) is 17.8. The topological polar surface area (TPSA) is 48.1 Å². The minimum absolute atomic E-state index is 0.0720. The van der Waals surface area contributed by atoms with Crippen LogP contribution < -0.4 is 15.0 Å². The molecule has 2 saturated heterocycles. The molecule has 2 heterocycles. The van der Waals surface area contributed by atoms with Crippen molar-refractivity contribution in [1.29, 1.82) is 0 Å². The van der Waals surface area contributed by atoms with Crippen molar-refractivity contribution < 1.29 is 9.53 Å². The number of hydrogen-bond donors (Lipinski definition) is 1. The van der Waals surface area contributed by atoms with Gasteiger partial charge >= 0.3 is 6.03 Å². The number of thioether (sulfide) groups is 1. The zero-order valence-corrected chi connectivity index (χ0v) is 19.4. The number of urea groups is 1. The molecule has 2 amide bonds. The van der Waals surface area contributed by atoms with Crippen LogP contribution in [-0.4, -0.2) is 74.5 Å². The SMILES string of the molecule is CNC(=O)N1CCSC1c1cc(Cl)ccc1OCCN1CCN(c2ccccc2)CC1. The molecule has 8 heteroatoms. The van der Waals surface area contributed by atoms with Crippen LogP contribution in [-0.2, 0) is 0 Å². The fraction of sp³-hybridized carbons (Fsp3) is 0.435. The predicted molar refractivity (Wildman–Crippen MR) is 128 cm³/mol. The van der Waals surface area contributed by atoms with Crippen molar-refractivity contribution in [1.82, 2.24) is 15.1 Å². The maximum atomic E-state index is 12.3. The van der Waals surface area contributed by atoms with Gasteiger partial charge in [-0.05, 0) is 30.3 Å². The molecular formula is C23H29ClN4O2S. The average Bonchev–Trinajstić information content (AvgIpc) is 3.30. The van der Waals surface area contributed by atoms with E-state index in [0.29, 0.717) is 18.2 Å². The van der Waals surface area contributed by atoms with Gasteiger partial charge in [-0.2, -0.15) is 0 Å². The smallest absolute Gasteiger partial charge is 0.318 e. The van der Waals surface area contributed by atoms with E-state index in [2.05, 4.69) is 45.4 Å². The number of anilines is 1. The zero-order chi connectivity index (χ0) is 21.6. The lowest BCUT2D eigenvalue weighted by Gasteiger charge is -2.36. The Bertz CT molecular complexity index is 877. The van der Waals surface area contributed by atoms with Gasteiger partial charge in [0.05, 0.1) is 0 Å². The van der Waals surface area contributed by atoms with Crippen LogP contribution in [0.3, 0.4) is 0 Å². The number of benzene rings is 2. The number of nitrogens with one attached hydrogen (secondary N) is 1. The van der Waals surface area contributed by atoms with E-state index in [1.165, 1.54) is 5.69 Å². The lowest BCUT2D eigenvalue weighted by molar-refractivity contribution is 0.194. The summed E-state index contributed by atoms with van der Waals surface area (Å²) in [5, 5.41) is 3.31. The van der Waals surface area contributed by atoms with Crippen LogP contribution in [0.1, 0.15) is 10.9 Å². The molecule has 2 aliphatic rings.